The van der Waals surface area contributed by atoms with Crippen molar-refractivity contribution in [1.82, 2.24) is 4.57 Å². The van der Waals surface area contributed by atoms with Gasteiger partial charge >= 0.3 is 5.97 Å². The van der Waals surface area contributed by atoms with E-state index in [1.165, 1.54) is 6.21 Å². The van der Waals surface area contributed by atoms with Gasteiger partial charge < -0.3 is 19.2 Å². The van der Waals surface area contributed by atoms with E-state index in [1.54, 1.807) is 0 Å². The topological polar surface area (TPSA) is 73.1 Å². The number of hydrogen-bond acceptors (Lipinski definition) is 4. The van der Waals surface area contributed by atoms with Crippen LogP contribution in [-0.4, -0.2) is 28.5 Å². The fraction of sp³-hybridized carbons (Fsp3) is 0.200. The van der Waals surface area contributed by atoms with Crippen LogP contribution in [0.25, 0.3) is 10.9 Å². The summed E-state index contributed by atoms with van der Waals surface area (Å²) >= 11 is 3.46. The first kappa shape index (κ1) is 19.0. The Morgan fingerprint density at radius 2 is 2.15 bits per heavy atom. The average molecular weight is 431 g/mol. The van der Waals surface area contributed by atoms with E-state index >= 15 is 0 Å². The van der Waals surface area contributed by atoms with Gasteiger partial charge in [-0.1, -0.05) is 33.2 Å². The van der Waals surface area contributed by atoms with Crippen LogP contribution < -0.4 is 4.74 Å². The molecule has 0 saturated carbocycles. The fourth-order valence-corrected chi connectivity index (χ4v) is 3.18. The fourth-order valence-electron chi connectivity index (χ4n) is 2.74. The van der Waals surface area contributed by atoms with Gasteiger partial charge in [0.05, 0.1) is 6.21 Å². The van der Waals surface area contributed by atoms with E-state index in [-0.39, 0.29) is 0 Å². The van der Waals surface area contributed by atoms with E-state index in [4.69, 9.17) is 14.7 Å². The number of oxime groups is 1. The van der Waals surface area contributed by atoms with E-state index in [0.717, 1.165) is 38.8 Å². The van der Waals surface area contributed by atoms with Gasteiger partial charge in [0.2, 0.25) is 6.61 Å². The third kappa shape index (κ3) is 4.89. The molecule has 0 saturated heterocycles. The molecule has 27 heavy (non-hydrogen) atoms. The highest BCUT2D eigenvalue weighted by Gasteiger charge is 2.08. The number of aromatic nitrogens is 1. The van der Waals surface area contributed by atoms with E-state index in [1.807, 2.05) is 48.7 Å². The van der Waals surface area contributed by atoms with Crippen molar-refractivity contribution in [1.29, 1.82) is 0 Å². The molecule has 0 fully saturated rings. The molecule has 0 amide bonds. The largest absolute Gasteiger partial charge is 0.489 e. The Kier molecular flexibility index (Phi) is 6.13. The lowest BCUT2D eigenvalue weighted by molar-refractivity contribution is -0.142. The quantitative estimate of drug-likeness (QED) is 0.423. The predicted molar refractivity (Wildman–Crippen MR) is 107 cm³/mol. The van der Waals surface area contributed by atoms with Gasteiger partial charge in [-0.3, -0.25) is 0 Å². The number of carbonyl (C=O) groups is 1. The van der Waals surface area contributed by atoms with Gasteiger partial charge in [0.15, 0.2) is 0 Å². The molecule has 0 atom stereocenters. The first-order valence-corrected chi connectivity index (χ1v) is 9.23. The standard InChI is InChI=1S/C20H19BrN2O4/c1-2-23-11-15(10-22-27-13-20(24)25)18-9-17(6-7-19(18)23)26-12-14-4-3-5-16(21)8-14/h3-11H,2,12-13H2,1H3,(H,24,25)/b22-10+. The number of fused-ring (bicyclic) bond motifs is 1. The minimum atomic E-state index is -1.06. The SMILES string of the molecule is CCn1cc(/C=N/OCC(=O)O)c2cc(OCc3cccc(Br)c3)ccc21. The number of carboxylic acids is 1. The number of hydrogen-bond donors (Lipinski definition) is 1. The maximum atomic E-state index is 10.5. The van der Waals surface area contributed by atoms with E-state index < -0.39 is 12.6 Å². The van der Waals surface area contributed by atoms with Crippen LogP contribution in [0.3, 0.4) is 0 Å². The van der Waals surface area contributed by atoms with E-state index in [2.05, 4.69) is 32.6 Å². The molecule has 0 bridgehead atoms. The number of halogens is 1. The maximum Gasteiger partial charge on any atom is 0.344 e. The predicted octanol–water partition coefficient (Wildman–Crippen LogP) is 4.44. The van der Waals surface area contributed by atoms with Crippen molar-refractivity contribution in [3.63, 3.8) is 0 Å². The van der Waals surface area contributed by atoms with Crippen LogP contribution in [0.4, 0.5) is 0 Å². The molecular formula is C20H19BrN2O4. The molecule has 7 heteroatoms. The molecule has 140 valence electrons. The van der Waals surface area contributed by atoms with E-state index in [9.17, 15) is 4.79 Å². The highest BCUT2D eigenvalue weighted by molar-refractivity contribution is 9.10. The van der Waals surface area contributed by atoms with Crippen LogP contribution in [0.1, 0.15) is 18.1 Å². The summed E-state index contributed by atoms with van der Waals surface area (Å²) in [5, 5.41) is 13.3. The van der Waals surface area contributed by atoms with Crippen LogP contribution in [0.2, 0.25) is 0 Å². The van der Waals surface area contributed by atoms with Crippen molar-refractivity contribution < 1.29 is 19.5 Å². The lowest BCUT2D eigenvalue weighted by Gasteiger charge is -2.08. The Morgan fingerprint density at radius 1 is 1.30 bits per heavy atom. The van der Waals surface area contributed by atoms with Crippen molar-refractivity contribution in [3.05, 3.63) is 64.3 Å². The average Bonchev–Trinajstić information content (AvgIpc) is 3.01. The summed E-state index contributed by atoms with van der Waals surface area (Å²) < 4.78 is 9.03. The summed E-state index contributed by atoms with van der Waals surface area (Å²) in [6.07, 6.45) is 3.48. The highest BCUT2D eigenvalue weighted by atomic mass is 79.9. The lowest BCUT2D eigenvalue weighted by atomic mass is 10.2. The molecule has 1 heterocycles. The lowest BCUT2D eigenvalue weighted by Crippen LogP contribution is -2.03. The van der Waals surface area contributed by atoms with Crippen LogP contribution in [0.15, 0.2) is 58.3 Å². The van der Waals surface area contributed by atoms with Crippen molar-refractivity contribution in [2.45, 2.75) is 20.1 Å². The molecule has 6 nitrogen and oxygen atoms in total. The van der Waals surface area contributed by atoms with Gasteiger partial charge in [-0.15, -0.1) is 0 Å². The zero-order valence-corrected chi connectivity index (χ0v) is 16.3. The maximum absolute atomic E-state index is 10.5. The second kappa shape index (κ2) is 8.73. The normalized spacial score (nSPS) is 11.2. The molecule has 0 unspecified atom stereocenters. The molecule has 0 radical (unpaired) electrons. The molecule has 3 rings (SSSR count). The molecule has 0 spiro atoms. The summed E-state index contributed by atoms with van der Waals surface area (Å²) in [4.78, 5) is 15.3. The molecular weight excluding hydrogens is 412 g/mol. The molecule has 0 aliphatic rings. The zero-order valence-electron chi connectivity index (χ0n) is 14.8. The third-order valence-electron chi connectivity index (χ3n) is 3.97. The number of ether oxygens (including phenoxy) is 1. The summed E-state index contributed by atoms with van der Waals surface area (Å²) in [7, 11) is 0. The number of benzene rings is 2. The highest BCUT2D eigenvalue weighted by Crippen LogP contribution is 2.26. The first-order chi connectivity index (χ1) is 13.1. The molecule has 1 aromatic heterocycles. The van der Waals surface area contributed by atoms with Gasteiger partial charge in [-0.05, 0) is 42.8 Å². The Balaban J connectivity index is 1.81. The van der Waals surface area contributed by atoms with Crippen molar-refractivity contribution in [2.24, 2.45) is 5.16 Å². The van der Waals surface area contributed by atoms with Gasteiger partial charge in [-0.2, -0.15) is 0 Å². The molecule has 2 aromatic carbocycles. The Hall–Kier alpha value is -2.80. The van der Waals surface area contributed by atoms with Crippen molar-refractivity contribution in [2.75, 3.05) is 6.61 Å². The van der Waals surface area contributed by atoms with Crippen LogP contribution in [-0.2, 0) is 22.8 Å². The minimum Gasteiger partial charge on any atom is -0.489 e. The van der Waals surface area contributed by atoms with Gasteiger partial charge in [0.1, 0.15) is 12.4 Å². The summed E-state index contributed by atoms with van der Waals surface area (Å²) in [6.45, 7) is 2.85. The number of carboxylic acid groups (broad SMARTS) is 1. The van der Waals surface area contributed by atoms with Crippen LogP contribution in [0, 0.1) is 0 Å². The molecule has 3 aromatic rings. The summed E-state index contributed by atoms with van der Waals surface area (Å²) in [5.41, 5.74) is 2.96. The Labute approximate surface area is 165 Å². The van der Waals surface area contributed by atoms with Gasteiger partial charge in [-0.25, -0.2) is 4.79 Å². The molecule has 1 N–H and O–H groups in total. The molecule has 0 aliphatic heterocycles. The van der Waals surface area contributed by atoms with Gasteiger partial charge in [0, 0.05) is 33.7 Å². The Bertz CT molecular complexity index is 981. The second-order valence-corrected chi connectivity index (χ2v) is 6.79. The van der Waals surface area contributed by atoms with Crippen molar-refractivity contribution in [3.8, 4) is 5.75 Å². The monoisotopic (exact) mass is 430 g/mol. The second-order valence-electron chi connectivity index (χ2n) is 5.87. The van der Waals surface area contributed by atoms with Crippen LogP contribution in [0.5, 0.6) is 5.75 Å². The number of aryl methyl sites for hydroxylation is 1. The van der Waals surface area contributed by atoms with E-state index in [0.29, 0.717) is 6.61 Å². The van der Waals surface area contributed by atoms with Crippen LogP contribution >= 0.6 is 15.9 Å². The summed E-state index contributed by atoms with van der Waals surface area (Å²) in [6, 6.07) is 13.9. The summed E-state index contributed by atoms with van der Waals surface area (Å²) in [5.74, 6) is -0.316. The first-order valence-electron chi connectivity index (χ1n) is 8.44. The number of nitrogens with zero attached hydrogens (tertiary/aromatic N) is 2. The minimum absolute atomic E-state index is 0.463. The smallest absolute Gasteiger partial charge is 0.344 e. The molecule has 0 aliphatic carbocycles. The van der Waals surface area contributed by atoms with Gasteiger partial charge in [0.25, 0.3) is 0 Å². The Morgan fingerprint density at radius 3 is 2.89 bits per heavy atom. The zero-order chi connectivity index (χ0) is 19.2. The van der Waals surface area contributed by atoms with Crippen molar-refractivity contribution >= 4 is 39.0 Å². The number of rotatable bonds is 8. The third-order valence-corrected chi connectivity index (χ3v) is 4.47. The number of aliphatic carboxylic acids is 1.